The van der Waals surface area contributed by atoms with Gasteiger partial charge in [-0.25, -0.2) is 13.9 Å². The molecule has 3 amide bonds. The summed E-state index contributed by atoms with van der Waals surface area (Å²) in [5.41, 5.74) is -0.989. The quantitative estimate of drug-likeness (QED) is 0.230. The lowest BCUT2D eigenvalue weighted by molar-refractivity contribution is -0.137. The van der Waals surface area contributed by atoms with E-state index in [9.17, 15) is 31.9 Å². The maximum atomic E-state index is 14.3. The van der Waals surface area contributed by atoms with Gasteiger partial charge in [0.15, 0.2) is 5.82 Å². The van der Waals surface area contributed by atoms with Gasteiger partial charge >= 0.3 is 12.3 Å². The maximum Gasteiger partial charge on any atom is 0.416 e. The second-order valence-electron chi connectivity index (χ2n) is 11.6. The Morgan fingerprint density at radius 3 is 2.24 bits per heavy atom. The Morgan fingerprint density at radius 1 is 0.957 bits per heavy atom. The monoisotopic (exact) mass is 637 g/mol. The van der Waals surface area contributed by atoms with Crippen molar-refractivity contribution in [1.29, 1.82) is 0 Å². The minimum absolute atomic E-state index is 0.00620. The number of aromatic nitrogens is 2. The second-order valence-corrected chi connectivity index (χ2v) is 11.6. The number of nitrogens with one attached hydrogen (secondary N) is 2. The van der Waals surface area contributed by atoms with Crippen LogP contribution in [-0.2, 0) is 15.7 Å². The van der Waals surface area contributed by atoms with E-state index in [-0.39, 0.29) is 23.7 Å². The first-order chi connectivity index (χ1) is 21.7. The van der Waals surface area contributed by atoms with Crippen LogP contribution in [0.3, 0.4) is 0 Å². The summed E-state index contributed by atoms with van der Waals surface area (Å²) in [6.45, 7) is 6.85. The van der Waals surface area contributed by atoms with Gasteiger partial charge in [0.1, 0.15) is 23.3 Å². The molecule has 2 unspecified atom stereocenters. The summed E-state index contributed by atoms with van der Waals surface area (Å²) in [6, 6.07) is 16.5. The summed E-state index contributed by atoms with van der Waals surface area (Å²) in [7, 11) is 0. The lowest BCUT2D eigenvalue weighted by Crippen LogP contribution is -2.55. The molecule has 5 rings (SSSR count). The molecule has 0 saturated heterocycles. The molecule has 46 heavy (non-hydrogen) atoms. The molecule has 1 aromatic heterocycles. The van der Waals surface area contributed by atoms with Crippen LogP contribution in [0.4, 0.5) is 34.0 Å². The van der Waals surface area contributed by atoms with Crippen LogP contribution in [0.15, 0.2) is 78.9 Å². The van der Waals surface area contributed by atoms with Crippen molar-refractivity contribution in [3.05, 3.63) is 107 Å². The zero-order chi connectivity index (χ0) is 33.4. The van der Waals surface area contributed by atoms with Crippen LogP contribution in [0, 0.1) is 5.82 Å². The van der Waals surface area contributed by atoms with Crippen LogP contribution in [0.5, 0.6) is 0 Å². The van der Waals surface area contributed by atoms with Crippen molar-refractivity contribution in [2.75, 3.05) is 16.8 Å². The zero-order valence-corrected chi connectivity index (χ0v) is 25.4. The summed E-state index contributed by atoms with van der Waals surface area (Å²) in [5.74, 6) is -2.87. The molecule has 13 heteroatoms. The maximum absolute atomic E-state index is 14.3. The number of likely N-dealkylation sites (N-methyl/N-ethyl adjacent to an activating group) is 1. The smallest absolute Gasteiger partial charge is 0.416 e. The van der Waals surface area contributed by atoms with Crippen molar-refractivity contribution in [2.24, 2.45) is 0 Å². The van der Waals surface area contributed by atoms with Crippen LogP contribution >= 0.6 is 0 Å². The molecular formula is C33H31F4N5O4. The summed E-state index contributed by atoms with van der Waals surface area (Å²) < 4.78 is 61.4. The van der Waals surface area contributed by atoms with Crippen LogP contribution in [0.2, 0.25) is 0 Å². The first kappa shape index (κ1) is 32.2. The second kappa shape index (κ2) is 12.3. The van der Waals surface area contributed by atoms with E-state index in [1.54, 1.807) is 58.0 Å². The Hall–Kier alpha value is -5.20. The summed E-state index contributed by atoms with van der Waals surface area (Å²) in [4.78, 5) is 42.2. The molecule has 2 heterocycles. The predicted octanol–water partition coefficient (Wildman–Crippen LogP) is 6.67. The van der Waals surface area contributed by atoms with Crippen LogP contribution in [-0.4, -0.2) is 45.9 Å². The van der Waals surface area contributed by atoms with E-state index in [1.807, 2.05) is 0 Å². The van der Waals surface area contributed by atoms with Crippen molar-refractivity contribution in [2.45, 2.75) is 51.4 Å². The molecule has 0 bridgehead atoms. The summed E-state index contributed by atoms with van der Waals surface area (Å²) >= 11 is 0. The van der Waals surface area contributed by atoms with Gasteiger partial charge in [-0.2, -0.15) is 13.2 Å². The number of halogens is 4. The number of fused-ring (bicyclic) bond motifs is 1. The number of hydrogen-bond acceptors (Lipinski definition) is 5. The van der Waals surface area contributed by atoms with Crippen LogP contribution < -0.4 is 15.5 Å². The lowest BCUT2D eigenvalue weighted by Gasteiger charge is -2.38. The highest BCUT2D eigenvalue weighted by Crippen LogP contribution is 2.45. The van der Waals surface area contributed by atoms with Crippen molar-refractivity contribution in [1.82, 2.24) is 15.1 Å². The number of benzene rings is 3. The minimum Gasteiger partial charge on any atom is -0.444 e. The number of carbonyl (C=O) groups excluding carboxylic acids is 3. The highest BCUT2D eigenvalue weighted by molar-refractivity contribution is 6.06. The van der Waals surface area contributed by atoms with Gasteiger partial charge in [-0.15, -0.1) is 5.10 Å². The van der Waals surface area contributed by atoms with E-state index >= 15 is 0 Å². The van der Waals surface area contributed by atoms with Gasteiger partial charge in [-0.1, -0.05) is 36.4 Å². The minimum atomic E-state index is -4.70. The van der Waals surface area contributed by atoms with Gasteiger partial charge in [0.25, 0.3) is 11.8 Å². The number of para-hydroxylation sites is 1. The van der Waals surface area contributed by atoms with E-state index in [1.165, 1.54) is 39.9 Å². The van der Waals surface area contributed by atoms with Gasteiger partial charge in [0.2, 0.25) is 0 Å². The first-order valence-electron chi connectivity index (χ1n) is 14.4. The van der Waals surface area contributed by atoms with Crippen molar-refractivity contribution < 1.29 is 36.7 Å². The molecular weight excluding hydrogens is 606 g/mol. The van der Waals surface area contributed by atoms with Gasteiger partial charge < -0.3 is 10.1 Å². The topological polar surface area (TPSA) is 106 Å². The van der Waals surface area contributed by atoms with E-state index < -0.39 is 53.0 Å². The van der Waals surface area contributed by atoms with Crippen LogP contribution in [0.1, 0.15) is 60.7 Å². The highest BCUT2D eigenvalue weighted by Gasteiger charge is 2.47. The Balaban J connectivity index is 1.71. The number of amides is 3. The Labute approximate surface area is 262 Å². The highest BCUT2D eigenvalue weighted by atomic mass is 19.4. The zero-order valence-electron chi connectivity index (χ0n) is 25.4. The largest absolute Gasteiger partial charge is 0.444 e. The molecule has 0 radical (unpaired) electrons. The average Bonchev–Trinajstić information content (AvgIpc) is 3.35. The molecule has 1 aliphatic rings. The van der Waals surface area contributed by atoms with E-state index in [0.717, 1.165) is 12.1 Å². The number of ether oxygens (including phenoxy) is 1. The third-order valence-electron chi connectivity index (χ3n) is 7.23. The molecule has 1 aliphatic heterocycles. The fourth-order valence-corrected chi connectivity index (χ4v) is 5.33. The van der Waals surface area contributed by atoms with Crippen molar-refractivity contribution in [3.63, 3.8) is 0 Å². The average molecular weight is 638 g/mol. The fourth-order valence-electron chi connectivity index (χ4n) is 5.33. The van der Waals surface area contributed by atoms with Gasteiger partial charge in [-0.05, 0) is 75.7 Å². The number of alkyl halides is 3. The SMILES string of the molecule is CCN1C(=O)C(NC(=O)c2cccc(C(F)(F)F)c2)C(c2ccc(F)cc2)c2c(NC(=O)OC(C)(C)C)nn(-c3ccccc3)c21. The fraction of sp³-hybridized carbons (Fsp3) is 0.273. The number of anilines is 2. The Morgan fingerprint density at radius 2 is 1.63 bits per heavy atom. The van der Waals surface area contributed by atoms with Crippen LogP contribution in [0.25, 0.3) is 5.69 Å². The number of carbonyl (C=O) groups is 3. The Bertz CT molecular complexity index is 1770. The predicted molar refractivity (Wildman–Crippen MR) is 162 cm³/mol. The van der Waals surface area contributed by atoms with Gasteiger partial charge in [-0.3, -0.25) is 19.8 Å². The number of hydrogen-bond donors (Lipinski definition) is 2. The van der Waals surface area contributed by atoms with E-state index in [2.05, 4.69) is 15.7 Å². The molecule has 0 spiro atoms. The molecule has 4 aromatic rings. The van der Waals surface area contributed by atoms with Gasteiger partial charge in [0.05, 0.1) is 11.3 Å². The molecule has 3 aromatic carbocycles. The molecule has 9 nitrogen and oxygen atoms in total. The lowest BCUT2D eigenvalue weighted by atomic mass is 9.81. The van der Waals surface area contributed by atoms with Gasteiger partial charge in [0, 0.05) is 23.6 Å². The standard InChI is InChI=1S/C33H31F4N5O4/c1-5-41-29-25(27(39-31(45)46-32(2,3)4)40-42(29)23-12-7-6-8-13-23)24(19-14-16-22(34)17-15-19)26(30(41)44)38-28(43)20-10-9-11-21(18-20)33(35,36)37/h6-18,24,26H,5H2,1-4H3,(H,38,43)(H,39,40,45). The summed E-state index contributed by atoms with van der Waals surface area (Å²) in [6.07, 6.45) is -5.54. The molecule has 2 atom stereocenters. The number of nitrogens with zero attached hydrogens (tertiary/aromatic N) is 3. The first-order valence-corrected chi connectivity index (χ1v) is 14.4. The molecule has 2 N–H and O–H groups in total. The van der Waals surface area contributed by atoms with Crippen molar-refractivity contribution >= 4 is 29.5 Å². The third kappa shape index (κ3) is 6.58. The summed E-state index contributed by atoms with van der Waals surface area (Å²) in [5, 5.41) is 9.97. The molecule has 240 valence electrons. The molecule has 0 fully saturated rings. The molecule has 0 aliphatic carbocycles. The Kier molecular flexibility index (Phi) is 8.61. The van der Waals surface area contributed by atoms with Crippen molar-refractivity contribution in [3.8, 4) is 5.69 Å². The normalized spacial score (nSPS) is 16.5. The molecule has 0 saturated carbocycles. The van der Waals surface area contributed by atoms with E-state index in [4.69, 9.17) is 4.74 Å². The van der Waals surface area contributed by atoms with E-state index in [0.29, 0.717) is 22.9 Å². The number of rotatable bonds is 6. The third-order valence-corrected chi connectivity index (χ3v) is 7.23.